The fraction of sp³-hybridized carbons (Fsp3) is 0. The monoisotopic (exact) mass is 340 g/mol. The lowest BCUT2D eigenvalue weighted by atomic mass is 10.1. The van der Waals surface area contributed by atoms with E-state index in [0.29, 0.717) is 16.8 Å². The molecule has 0 fully saturated rings. The van der Waals surface area contributed by atoms with E-state index in [1.54, 1.807) is 6.07 Å². The van der Waals surface area contributed by atoms with Crippen molar-refractivity contribution in [3.8, 4) is 11.3 Å². The smallest absolute Gasteiger partial charge is 0.345 e. The van der Waals surface area contributed by atoms with Gasteiger partial charge in [0.1, 0.15) is 11.2 Å². The van der Waals surface area contributed by atoms with Crippen LogP contribution in [0, 0.1) is 0 Å². The van der Waals surface area contributed by atoms with Crippen LogP contribution in [0.5, 0.6) is 0 Å². The molecule has 0 spiro atoms. The number of fused-ring (bicyclic) bond motifs is 2. The van der Waals surface area contributed by atoms with Crippen molar-refractivity contribution in [1.29, 1.82) is 0 Å². The van der Waals surface area contributed by atoms with Gasteiger partial charge in [0.05, 0.1) is 11.3 Å². The minimum atomic E-state index is -0.379. The van der Waals surface area contributed by atoms with E-state index in [1.807, 2.05) is 53.2 Å². The zero-order valence-corrected chi connectivity index (χ0v) is 12.4. The number of imidazole rings is 1. The molecular weight excluding hydrogens is 332 g/mol. The molecule has 102 valence electrons. The third-order valence-corrected chi connectivity index (χ3v) is 3.83. The van der Waals surface area contributed by atoms with Gasteiger partial charge in [0, 0.05) is 22.3 Å². The number of nitrogens with zero attached hydrogens (tertiary/aromatic N) is 2. The largest absolute Gasteiger partial charge is 0.422 e. The van der Waals surface area contributed by atoms with Gasteiger partial charge in [-0.25, -0.2) is 9.78 Å². The van der Waals surface area contributed by atoms with Crippen LogP contribution in [0.15, 0.2) is 68.5 Å². The maximum atomic E-state index is 12.2. The molecule has 0 atom stereocenters. The molecule has 0 unspecified atom stereocenters. The molecule has 3 heterocycles. The van der Waals surface area contributed by atoms with Gasteiger partial charge in [0.25, 0.3) is 0 Å². The van der Waals surface area contributed by atoms with Gasteiger partial charge in [0.15, 0.2) is 0 Å². The molecule has 4 aromatic rings. The Kier molecular flexibility index (Phi) is 2.68. The van der Waals surface area contributed by atoms with E-state index in [4.69, 9.17) is 4.42 Å². The van der Waals surface area contributed by atoms with Crippen molar-refractivity contribution < 1.29 is 4.42 Å². The van der Waals surface area contributed by atoms with E-state index < -0.39 is 0 Å². The summed E-state index contributed by atoms with van der Waals surface area (Å²) in [5, 5.41) is 0.880. The molecule has 0 bridgehead atoms. The highest BCUT2D eigenvalue weighted by Gasteiger charge is 2.11. The predicted octanol–water partition coefficient (Wildman–Crippen LogP) is 3.87. The lowest BCUT2D eigenvalue weighted by Gasteiger charge is -1.98. The quantitative estimate of drug-likeness (QED) is 0.494. The first-order chi connectivity index (χ1) is 10.2. The Bertz CT molecular complexity index is 1030. The fourth-order valence-electron chi connectivity index (χ4n) is 2.33. The van der Waals surface area contributed by atoms with E-state index in [2.05, 4.69) is 20.9 Å². The Morgan fingerprint density at radius 1 is 1.14 bits per heavy atom. The van der Waals surface area contributed by atoms with E-state index in [-0.39, 0.29) is 5.63 Å². The number of pyridine rings is 1. The van der Waals surface area contributed by atoms with Crippen LogP contribution < -0.4 is 5.63 Å². The van der Waals surface area contributed by atoms with Gasteiger partial charge in [-0.15, -0.1) is 0 Å². The van der Waals surface area contributed by atoms with Crippen molar-refractivity contribution in [2.45, 2.75) is 0 Å². The highest BCUT2D eigenvalue weighted by atomic mass is 79.9. The first-order valence-electron chi connectivity index (χ1n) is 6.38. The fourth-order valence-corrected chi connectivity index (χ4v) is 2.65. The van der Waals surface area contributed by atoms with Crippen molar-refractivity contribution in [1.82, 2.24) is 9.38 Å². The zero-order chi connectivity index (χ0) is 14.4. The molecule has 21 heavy (non-hydrogen) atoms. The molecule has 0 aliphatic rings. The van der Waals surface area contributed by atoms with Gasteiger partial charge in [-0.05, 0) is 24.3 Å². The highest BCUT2D eigenvalue weighted by molar-refractivity contribution is 9.10. The van der Waals surface area contributed by atoms with Crippen LogP contribution in [-0.4, -0.2) is 9.38 Å². The van der Waals surface area contributed by atoms with Gasteiger partial charge >= 0.3 is 5.63 Å². The SMILES string of the molecule is O=c1oc2ccccc2cc1-c1cn2ccc(Br)cc2n1. The standard InChI is InChI=1S/C16H9BrN2O2/c17-11-5-6-19-9-13(18-15(19)8-11)12-7-10-3-1-2-4-14(10)21-16(12)20/h1-9H. The van der Waals surface area contributed by atoms with Crippen LogP contribution >= 0.6 is 15.9 Å². The van der Waals surface area contributed by atoms with Gasteiger partial charge in [-0.2, -0.15) is 0 Å². The Morgan fingerprint density at radius 3 is 2.90 bits per heavy atom. The van der Waals surface area contributed by atoms with Gasteiger partial charge < -0.3 is 8.82 Å². The van der Waals surface area contributed by atoms with E-state index in [0.717, 1.165) is 15.5 Å². The number of rotatable bonds is 1. The van der Waals surface area contributed by atoms with Crippen molar-refractivity contribution in [3.63, 3.8) is 0 Å². The third kappa shape index (κ3) is 2.06. The second kappa shape index (κ2) is 4.56. The summed E-state index contributed by atoms with van der Waals surface area (Å²) >= 11 is 3.41. The minimum Gasteiger partial charge on any atom is -0.422 e. The van der Waals surface area contributed by atoms with Crippen LogP contribution in [0.1, 0.15) is 0 Å². The van der Waals surface area contributed by atoms with Crippen LogP contribution in [0.4, 0.5) is 0 Å². The normalized spacial score (nSPS) is 11.3. The number of hydrogen-bond donors (Lipinski definition) is 0. The van der Waals surface area contributed by atoms with Gasteiger partial charge in [-0.1, -0.05) is 34.1 Å². The Morgan fingerprint density at radius 2 is 2.00 bits per heavy atom. The number of hydrogen-bond acceptors (Lipinski definition) is 3. The first kappa shape index (κ1) is 12.3. The summed E-state index contributed by atoms with van der Waals surface area (Å²) in [6.45, 7) is 0. The molecule has 3 aromatic heterocycles. The molecule has 0 amide bonds. The lowest BCUT2D eigenvalue weighted by Crippen LogP contribution is -2.02. The van der Waals surface area contributed by atoms with Gasteiger partial charge in [0.2, 0.25) is 0 Å². The average Bonchev–Trinajstić information content (AvgIpc) is 2.89. The Labute approximate surface area is 127 Å². The van der Waals surface area contributed by atoms with Crippen molar-refractivity contribution in [2.24, 2.45) is 0 Å². The maximum absolute atomic E-state index is 12.2. The van der Waals surface area contributed by atoms with Crippen molar-refractivity contribution in [3.05, 3.63) is 69.8 Å². The second-order valence-corrected chi connectivity index (χ2v) is 5.64. The molecule has 0 saturated heterocycles. The summed E-state index contributed by atoms with van der Waals surface area (Å²) in [6.07, 6.45) is 3.71. The lowest BCUT2D eigenvalue weighted by molar-refractivity contribution is 0.563. The van der Waals surface area contributed by atoms with Gasteiger partial charge in [-0.3, -0.25) is 0 Å². The van der Waals surface area contributed by atoms with E-state index in [9.17, 15) is 4.79 Å². The van der Waals surface area contributed by atoms with Crippen LogP contribution in [0.3, 0.4) is 0 Å². The molecule has 5 heteroatoms. The molecule has 4 nitrogen and oxygen atoms in total. The zero-order valence-electron chi connectivity index (χ0n) is 10.8. The Hall–Kier alpha value is -2.40. The molecule has 0 aliphatic carbocycles. The van der Waals surface area contributed by atoms with Crippen LogP contribution in [0.2, 0.25) is 0 Å². The predicted molar refractivity (Wildman–Crippen MR) is 84.4 cm³/mol. The third-order valence-electron chi connectivity index (χ3n) is 3.34. The maximum Gasteiger partial charge on any atom is 0.345 e. The second-order valence-electron chi connectivity index (χ2n) is 4.72. The number of para-hydroxylation sites is 1. The van der Waals surface area contributed by atoms with E-state index in [1.165, 1.54) is 0 Å². The van der Waals surface area contributed by atoms with Crippen molar-refractivity contribution >= 4 is 32.5 Å². The molecule has 0 N–H and O–H groups in total. The van der Waals surface area contributed by atoms with Crippen LogP contribution in [-0.2, 0) is 0 Å². The van der Waals surface area contributed by atoms with E-state index >= 15 is 0 Å². The molecule has 0 radical (unpaired) electrons. The molecule has 0 saturated carbocycles. The average molecular weight is 341 g/mol. The summed E-state index contributed by atoms with van der Waals surface area (Å²) in [6, 6.07) is 13.1. The summed E-state index contributed by atoms with van der Waals surface area (Å²) in [4.78, 5) is 16.6. The molecule has 1 aromatic carbocycles. The topological polar surface area (TPSA) is 47.5 Å². The van der Waals surface area contributed by atoms with Crippen LogP contribution in [0.25, 0.3) is 27.9 Å². The summed E-state index contributed by atoms with van der Waals surface area (Å²) in [5.74, 6) is 0. The number of halogens is 1. The minimum absolute atomic E-state index is 0.379. The first-order valence-corrected chi connectivity index (χ1v) is 7.17. The molecular formula is C16H9BrN2O2. The summed E-state index contributed by atoms with van der Waals surface area (Å²) in [5.41, 5.74) is 2.04. The summed E-state index contributed by atoms with van der Waals surface area (Å²) < 4.78 is 8.16. The highest BCUT2D eigenvalue weighted by Crippen LogP contribution is 2.22. The molecule has 0 aliphatic heterocycles. The Balaban J connectivity index is 1.99. The number of benzene rings is 1. The van der Waals surface area contributed by atoms with Crippen molar-refractivity contribution in [2.75, 3.05) is 0 Å². The summed E-state index contributed by atoms with van der Waals surface area (Å²) in [7, 11) is 0. The number of aromatic nitrogens is 2. The molecule has 4 rings (SSSR count).